The van der Waals surface area contributed by atoms with Crippen LogP contribution in [0.4, 0.5) is 4.39 Å². The summed E-state index contributed by atoms with van der Waals surface area (Å²) < 4.78 is 23.2. The van der Waals surface area contributed by atoms with Crippen LogP contribution in [0.3, 0.4) is 0 Å². The second-order valence-corrected chi connectivity index (χ2v) is 3.38. The van der Waals surface area contributed by atoms with E-state index >= 15 is 0 Å². The van der Waals surface area contributed by atoms with Gasteiger partial charge < -0.3 is 9.47 Å². The topological polar surface area (TPSA) is 18.5 Å². The van der Waals surface area contributed by atoms with Gasteiger partial charge >= 0.3 is 0 Å². The number of rotatable bonds is 2. The Bertz CT molecular complexity index is 242. The summed E-state index contributed by atoms with van der Waals surface area (Å²) in [5, 5.41) is 3.74. The van der Waals surface area contributed by atoms with E-state index in [1.165, 1.54) is 11.3 Å². The minimum atomic E-state index is -1.10. The third-order valence-electron chi connectivity index (χ3n) is 1.89. The Balaban J connectivity index is 2.28. The van der Waals surface area contributed by atoms with E-state index in [9.17, 15) is 4.39 Å². The predicted octanol–water partition coefficient (Wildman–Crippen LogP) is 1.92. The maximum absolute atomic E-state index is 12.7. The van der Waals surface area contributed by atoms with Crippen LogP contribution in [0.2, 0.25) is 0 Å². The smallest absolute Gasteiger partial charge is 0.225 e. The molecule has 66 valence electrons. The van der Waals surface area contributed by atoms with Crippen molar-refractivity contribution in [3.05, 3.63) is 22.4 Å². The maximum Gasteiger partial charge on any atom is 0.225 e. The quantitative estimate of drug-likeness (QED) is 0.706. The molecule has 1 aromatic rings. The molecule has 0 spiro atoms. The van der Waals surface area contributed by atoms with E-state index < -0.39 is 12.5 Å². The van der Waals surface area contributed by atoms with Gasteiger partial charge in [-0.25, -0.2) is 4.39 Å². The minimum Gasteiger partial charge on any atom is -0.341 e. The third-order valence-corrected chi connectivity index (χ3v) is 2.57. The van der Waals surface area contributed by atoms with Crippen molar-refractivity contribution in [2.75, 3.05) is 19.9 Å². The van der Waals surface area contributed by atoms with E-state index in [0.29, 0.717) is 13.2 Å². The highest BCUT2D eigenvalue weighted by Crippen LogP contribution is 2.32. The molecule has 0 unspecified atom stereocenters. The molecule has 0 radical (unpaired) electrons. The average molecular weight is 188 g/mol. The van der Waals surface area contributed by atoms with Gasteiger partial charge in [-0.2, -0.15) is 11.3 Å². The fourth-order valence-corrected chi connectivity index (χ4v) is 1.97. The molecule has 2 nitrogen and oxygen atoms in total. The van der Waals surface area contributed by atoms with Crippen LogP contribution in [0.5, 0.6) is 0 Å². The second kappa shape index (κ2) is 3.12. The van der Waals surface area contributed by atoms with Crippen LogP contribution in [0.1, 0.15) is 5.56 Å². The molecule has 0 aromatic carbocycles. The van der Waals surface area contributed by atoms with Crippen LogP contribution in [-0.4, -0.2) is 19.9 Å². The largest absolute Gasteiger partial charge is 0.341 e. The molecule has 0 aliphatic carbocycles. The Kier molecular flexibility index (Phi) is 2.12. The van der Waals surface area contributed by atoms with E-state index in [0.717, 1.165) is 5.56 Å². The average Bonchev–Trinajstić information content (AvgIpc) is 2.76. The van der Waals surface area contributed by atoms with Crippen molar-refractivity contribution >= 4 is 11.3 Å². The monoisotopic (exact) mass is 188 g/mol. The number of hydrogen-bond acceptors (Lipinski definition) is 3. The number of thiophene rings is 1. The summed E-state index contributed by atoms with van der Waals surface area (Å²) in [6.07, 6.45) is 0. The molecule has 0 N–H and O–H groups in total. The lowest BCUT2D eigenvalue weighted by molar-refractivity contribution is -0.176. The minimum absolute atomic E-state index is 0.472. The lowest BCUT2D eigenvalue weighted by atomic mass is 10.1. The van der Waals surface area contributed by atoms with Crippen molar-refractivity contribution in [1.29, 1.82) is 0 Å². The highest BCUT2D eigenvalue weighted by atomic mass is 32.1. The van der Waals surface area contributed by atoms with Crippen molar-refractivity contribution in [3.63, 3.8) is 0 Å². The lowest BCUT2D eigenvalue weighted by Crippen LogP contribution is -2.28. The first-order valence-electron chi connectivity index (χ1n) is 3.74. The van der Waals surface area contributed by atoms with Crippen LogP contribution >= 0.6 is 11.3 Å². The molecule has 0 atom stereocenters. The lowest BCUT2D eigenvalue weighted by Gasteiger charge is -2.22. The van der Waals surface area contributed by atoms with Crippen LogP contribution in [0.25, 0.3) is 0 Å². The van der Waals surface area contributed by atoms with Crippen LogP contribution in [-0.2, 0) is 15.3 Å². The summed E-state index contributed by atoms with van der Waals surface area (Å²) in [5.41, 5.74) is 0.785. The molecule has 0 saturated carbocycles. The zero-order chi connectivity index (χ0) is 8.44. The number of halogens is 1. The fourth-order valence-electron chi connectivity index (χ4n) is 1.26. The molecular weight excluding hydrogens is 179 g/mol. The number of hydrogen-bond donors (Lipinski definition) is 0. The second-order valence-electron chi connectivity index (χ2n) is 2.60. The molecule has 0 amide bonds. The standard InChI is InChI=1S/C8H9FO2S/c9-6-8(10-2-3-11-8)7-1-4-12-5-7/h1,4-5H,2-3,6H2. The van der Waals surface area contributed by atoms with Crippen molar-refractivity contribution in [2.45, 2.75) is 5.79 Å². The third kappa shape index (κ3) is 1.16. The molecule has 4 heteroatoms. The Morgan fingerprint density at radius 2 is 2.25 bits per heavy atom. The molecule has 0 bridgehead atoms. The van der Waals surface area contributed by atoms with Crippen molar-refractivity contribution in [3.8, 4) is 0 Å². The molecule has 12 heavy (non-hydrogen) atoms. The first-order chi connectivity index (χ1) is 5.87. The van der Waals surface area contributed by atoms with Gasteiger partial charge in [-0.15, -0.1) is 0 Å². The summed E-state index contributed by atoms with van der Waals surface area (Å²) in [7, 11) is 0. The van der Waals surface area contributed by atoms with E-state index in [-0.39, 0.29) is 0 Å². The zero-order valence-electron chi connectivity index (χ0n) is 6.46. The van der Waals surface area contributed by atoms with Gasteiger partial charge in [-0.05, 0) is 16.8 Å². The molecule has 1 aromatic heterocycles. The molecule has 1 aliphatic rings. The summed E-state index contributed by atoms with van der Waals surface area (Å²) in [4.78, 5) is 0. The Morgan fingerprint density at radius 3 is 2.75 bits per heavy atom. The van der Waals surface area contributed by atoms with Crippen molar-refractivity contribution < 1.29 is 13.9 Å². The van der Waals surface area contributed by atoms with Gasteiger partial charge in [0.2, 0.25) is 5.79 Å². The zero-order valence-corrected chi connectivity index (χ0v) is 7.27. The van der Waals surface area contributed by atoms with Gasteiger partial charge in [-0.1, -0.05) is 0 Å². The van der Waals surface area contributed by atoms with Gasteiger partial charge in [0.15, 0.2) is 0 Å². The van der Waals surface area contributed by atoms with E-state index in [4.69, 9.17) is 9.47 Å². The van der Waals surface area contributed by atoms with Gasteiger partial charge in [0.1, 0.15) is 6.67 Å². The van der Waals surface area contributed by atoms with Crippen LogP contribution in [0.15, 0.2) is 16.8 Å². The Labute approximate surface area is 73.9 Å². The molecule has 1 aliphatic heterocycles. The molecule has 2 heterocycles. The van der Waals surface area contributed by atoms with E-state index in [2.05, 4.69) is 0 Å². The summed E-state index contributed by atoms with van der Waals surface area (Å²) in [6, 6.07) is 1.83. The summed E-state index contributed by atoms with van der Waals surface area (Å²) in [5.74, 6) is -1.10. The van der Waals surface area contributed by atoms with Gasteiger partial charge in [0, 0.05) is 5.56 Å². The Morgan fingerprint density at radius 1 is 1.50 bits per heavy atom. The summed E-state index contributed by atoms with van der Waals surface area (Å²) in [6.45, 7) is 0.323. The molecular formula is C8H9FO2S. The van der Waals surface area contributed by atoms with E-state index in [1.807, 2.05) is 16.8 Å². The van der Waals surface area contributed by atoms with Gasteiger partial charge in [0.25, 0.3) is 0 Å². The van der Waals surface area contributed by atoms with Gasteiger partial charge in [0.05, 0.1) is 13.2 Å². The Hall–Kier alpha value is -0.450. The highest BCUT2D eigenvalue weighted by Gasteiger charge is 2.39. The van der Waals surface area contributed by atoms with Crippen molar-refractivity contribution in [1.82, 2.24) is 0 Å². The fraction of sp³-hybridized carbons (Fsp3) is 0.500. The van der Waals surface area contributed by atoms with Crippen molar-refractivity contribution in [2.24, 2.45) is 0 Å². The van der Waals surface area contributed by atoms with E-state index in [1.54, 1.807) is 0 Å². The molecule has 2 rings (SSSR count). The SMILES string of the molecule is FCC1(c2ccsc2)OCCO1. The first kappa shape index (κ1) is 8.16. The normalized spacial score (nSPS) is 21.4. The molecule has 1 fully saturated rings. The maximum atomic E-state index is 12.7. The van der Waals surface area contributed by atoms with Crippen LogP contribution < -0.4 is 0 Å². The number of ether oxygens (including phenoxy) is 2. The summed E-state index contributed by atoms with van der Waals surface area (Å²) >= 11 is 1.51. The first-order valence-corrected chi connectivity index (χ1v) is 4.68. The predicted molar refractivity (Wildman–Crippen MR) is 43.9 cm³/mol. The number of alkyl halides is 1. The highest BCUT2D eigenvalue weighted by molar-refractivity contribution is 7.08. The molecule has 1 saturated heterocycles. The van der Waals surface area contributed by atoms with Gasteiger partial charge in [-0.3, -0.25) is 0 Å². The van der Waals surface area contributed by atoms with Crippen LogP contribution in [0, 0.1) is 0 Å².